The van der Waals surface area contributed by atoms with Gasteiger partial charge in [-0.15, -0.1) is 0 Å². The lowest BCUT2D eigenvalue weighted by Gasteiger charge is -2.06. The van der Waals surface area contributed by atoms with Gasteiger partial charge in [0.25, 0.3) is 0 Å². The fraction of sp³-hybridized carbons (Fsp3) is 0.692. The maximum absolute atomic E-state index is 11.6. The number of hydrogen-bond acceptors (Lipinski definition) is 4. The van der Waals surface area contributed by atoms with Crippen LogP contribution in [0.1, 0.15) is 63.0 Å². The Hall–Kier alpha value is -1.32. The highest BCUT2D eigenvalue weighted by Crippen LogP contribution is 2.34. The van der Waals surface area contributed by atoms with Crippen LogP contribution in [-0.4, -0.2) is 17.6 Å². The van der Waals surface area contributed by atoms with E-state index in [0.717, 1.165) is 18.7 Å². The minimum Gasteiger partial charge on any atom is -0.465 e. The maximum Gasteiger partial charge on any atom is 0.314 e. The van der Waals surface area contributed by atoms with Crippen LogP contribution < -0.4 is 0 Å². The molecule has 4 heteroatoms. The van der Waals surface area contributed by atoms with Gasteiger partial charge in [0.05, 0.1) is 18.2 Å². The lowest BCUT2D eigenvalue weighted by atomic mass is 10.1. The van der Waals surface area contributed by atoms with Crippen molar-refractivity contribution < 1.29 is 13.9 Å². The Morgan fingerprint density at radius 3 is 2.94 bits per heavy atom. The summed E-state index contributed by atoms with van der Waals surface area (Å²) in [5, 5.41) is 0. The van der Waals surface area contributed by atoms with Crippen LogP contribution in [0.15, 0.2) is 10.7 Å². The van der Waals surface area contributed by atoms with Crippen LogP contribution in [-0.2, 0) is 9.53 Å². The molecule has 1 aliphatic carbocycles. The minimum atomic E-state index is -0.339. The third-order valence-corrected chi connectivity index (χ3v) is 3.33. The zero-order valence-electron chi connectivity index (χ0n) is 10.4. The predicted octanol–water partition coefficient (Wildman–Crippen LogP) is 3.00. The molecule has 1 aromatic heterocycles. The topological polar surface area (TPSA) is 52.3 Å². The van der Waals surface area contributed by atoms with Gasteiger partial charge in [0.15, 0.2) is 5.89 Å². The average Bonchev–Trinajstić information content (AvgIpc) is 2.98. The van der Waals surface area contributed by atoms with Crippen LogP contribution in [0.3, 0.4) is 0 Å². The normalized spacial score (nSPS) is 18.2. The van der Waals surface area contributed by atoms with Crippen LogP contribution in [0, 0.1) is 0 Å². The number of hydrogen-bond donors (Lipinski definition) is 0. The van der Waals surface area contributed by atoms with Gasteiger partial charge in [-0.1, -0.05) is 12.8 Å². The molecule has 0 aromatic carbocycles. The van der Waals surface area contributed by atoms with E-state index >= 15 is 0 Å². The summed E-state index contributed by atoms with van der Waals surface area (Å²) < 4.78 is 10.5. The van der Waals surface area contributed by atoms with Gasteiger partial charge >= 0.3 is 5.97 Å². The van der Waals surface area contributed by atoms with Gasteiger partial charge in [-0.3, -0.25) is 4.79 Å². The summed E-state index contributed by atoms with van der Waals surface area (Å²) in [4.78, 5) is 16.0. The maximum atomic E-state index is 11.6. The fourth-order valence-corrected chi connectivity index (χ4v) is 2.25. The Morgan fingerprint density at radius 1 is 1.59 bits per heavy atom. The molecule has 1 atom stereocenters. The molecular weight excluding hydrogens is 218 g/mol. The number of nitrogens with zero attached hydrogens (tertiary/aromatic N) is 1. The van der Waals surface area contributed by atoms with Gasteiger partial charge in [0.1, 0.15) is 6.26 Å². The van der Waals surface area contributed by atoms with Crippen LogP contribution >= 0.6 is 0 Å². The second-order valence-corrected chi connectivity index (χ2v) is 4.57. The molecule has 0 amide bonds. The third-order valence-electron chi connectivity index (χ3n) is 3.33. The van der Waals surface area contributed by atoms with Crippen molar-refractivity contribution in [2.24, 2.45) is 0 Å². The summed E-state index contributed by atoms with van der Waals surface area (Å²) in [6.07, 6.45) is 6.38. The number of oxazole rings is 1. The van der Waals surface area contributed by atoms with Crippen molar-refractivity contribution in [3.8, 4) is 0 Å². The van der Waals surface area contributed by atoms with Crippen molar-refractivity contribution in [1.29, 1.82) is 0 Å². The van der Waals surface area contributed by atoms with Gasteiger partial charge in [-0.2, -0.15) is 0 Å². The van der Waals surface area contributed by atoms with Crippen molar-refractivity contribution in [2.45, 2.75) is 51.4 Å². The standard InChI is InChI=1S/C13H19NO3/c1-3-16-13(15)9(2)11-8-17-12(14-11)10-6-4-5-7-10/h8-10H,3-7H2,1-2H3. The summed E-state index contributed by atoms with van der Waals surface area (Å²) >= 11 is 0. The van der Waals surface area contributed by atoms with Crippen molar-refractivity contribution >= 4 is 5.97 Å². The highest BCUT2D eigenvalue weighted by molar-refractivity contribution is 5.76. The molecule has 1 aromatic rings. The van der Waals surface area contributed by atoms with E-state index in [1.807, 2.05) is 0 Å². The van der Waals surface area contributed by atoms with Crippen molar-refractivity contribution in [3.63, 3.8) is 0 Å². The van der Waals surface area contributed by atoms with Crippen molar-refractivity contribution in [2.75, 3.05) is 6.61 Å². The number of esters is 1. The van der Waals surface area contributed by atoms with E-state index < -0.39 is 0 Å². The van der Waals surface area contributed by atoms with E-state index in [9.17, 15) is 4.79 Å². The molecule has 1 aliphatic rings. The molecule has 0 N–H and O–H groups in total. The first kappa shape index (κ1) is 12.1. The van der Waals surface area contributed by atoms with Crippen LogP contribution in [0.25, 0.3) is 0 Å². The van der Waals surface area contributed by atoms with E-state index in [2.05, 4.69) is 4.98 Å². The van der Waals surface area contributed by atoms with Crippen LogP contribution in [0.5, 0.6) is 0 Å². The molecule has 1 fully saturated rings. The third kappa shape index (κ3) is 2.68. The molecule has 0 bridgehead atoms. The Morgan fingerprint density at radius 2 is 2.29 bits per heavy atom. The molecule has 4 nitrogen and oxygen atoms in total. The molecule has 1 heterocycles. The Labute approximate surface area is 101 Å². The summed E-state index contributed by atoms with van der Waals surface area (Å²) in [5.41, 5.74) is 0.686. The molecule has 2 rings (SSSR count). The number of aromatic nitrogens is 1. The smallest absolute Gasteiger partial charge is 0.314 e. The van der Waals surface area contributed by atoms with Gasteiger partial charge in [0.2, 0.25) is 0 Å². The highest BCUT2D eigenvalue weighted by Gasteiger charge is 2.25. The Balaban J connectivity index is 2.04. The van der Waals surface area contributed by atoms with Gasteiger partial charge in [0, 0.05) is 5.92 Å². The molecule has 94 valence electrons. The van der Waals surface area contributed by atoms with Gasteiger partial charge < -0.3 is 9.15 Å². The second-order valence-electron chi connectivity index (χ2n) is 4.57. The van der Waals surface area contributed by atoms with E-state index in [0.29, 0.717) is 18.2 Å². The molecule has 0 spiro atoms. The number of carbonyl (C=O) groups excluding carboxylic acids is 1. The molecule has 0 radical (unpaired) electrons. The zero-order chi connectivity index (χ0) is 12.3. The lowest BCUT2D eigenvalue weighted by molar-refractivity contribution is -0.144. The quantitative estimate of drug-likeness (QED) is 0.755. The molecular formula is C13H19NO3. The van der Waals surface area contributed by atoms with Gasteiger partial charge in [-0.05, 0) is 26.7 Å². The van der Waals surface area contributed by atoms with E-state index in [1.165, 1.54) is 12.8 Å². The van der Waals surface area contributed by atoms with E-state index in [4.69, 9.17) is 9.15 Å². The van der Waals surface area contributed by atoms with Crippen molar-refractivity contribution in [1.82, 2.24) is 4.98 Å². The van der Waals surface area contributed by atoms with Crippen molar-refractivity contribution in [3.05, 3.63) is 17.8 Å². The molecule has 0 aliphatic heterocycles. The predicted molar refractivity (Wildman–Crippen MR) is 62.8 cm³/mol. The fourth-order valence-electron chi connectivity index (χ4n) is 2.25. The zero-order valence-corrected chi connectivity index (χ0v) is 10.4. The summed E-state index contributed by atoms with van der Waals surface area (Å²) in [5.74, 6) is 0.652. The van der Waals surface area contributed by atoms with E-state index in [1.54, 1.807) is 20.1 Å². The first-order valence-electron chi connectivity index (χ1n) is 6.34. The average molecular weight is 237 g/mol. The summed E-state index contributed by atoms with van der Waals surface area (Å²) in [7, 11) is 0. The SMILES string of the molecule is CCOC(=O)C(C)c1coc(C2CCCC2)n1. The minimum absolute atomic E-state index is 0.237. The number of carbonyl (C=O) groups is 1. The lowest BCUT2D eigenvalue weighted by Crippen LogP contribution is -2.13. The first-order chi connectivity index (χ1) is 8.22. The summed E-state index contributed by atoms with van der Waals surface area (Å²) in [6, 6.07) is 0. The summed E-state index contributed by atoms with van der Waals surface area (Å²) in [6.45, 7) is 4.00. The van der Waals surface area contributed by atoms with E-state index in [-0.39, 0.29) is 11.9 Å². The Bertz CT molecular complexity index is 380. The highest BCUT2D eigenvalue weighted by atomic mass is 16.5. The molecule has 0 saturated heterocycles. The molecule has 17 heavy (non-hydrogen) atoms. The molecule has 1 saturated carbocycles. The number of ether oxygens (including phenoxy) is 1. The van der Waals surface area contributed by atoms with Gasteiger partial charge in [-0.25, -0.2) is 4.98 Å². The van der Waals surface area contributed by atoms with Crippen LogP contribution in [0.2, 0.25) is 0 Å². The first-order valence-corrected chi connectivity index (χ1v) is 6.34. The largest absolute Gasteiger partial charge is 0.465 e. The monoisotopic (exact) mass is 237 g/mol. The second kappa shape index (κ2) is 5.34. The molecule has 1 unspecified atom stereocenters. The number of rotatable bonds is 4. The Kier molecular flexibility index (Phi) is 3.82. The van der Waals surface area contributed by atoms with Crippen LogP contribution in [0.4, 0.5) is 0 Å².